The van der Waals surface area contributed by atoms with Crippen molar-refractivity contribution in [2.45, 2.75) is 58.8 Å². The number of nitrogens with one attached hydrogen (secondary N) is 2. The SMILES string of the molecule is Cc1ccc2[nH]c(-c3ccc(Br)cc3)c(CCCN3CCCC(c4cccc(NC(=O)C(C)C)c4)CC3)c2c1. The van der Waals surface area contributed by atoms with Crippen molar-refractivity contribution in [1.29, 1.82) is 0 Å². The highest BCUT2D eigenvalue weighted by atomic mass is 79.9. The van der Waals surface area contributed by atoms with Crippen LogP contribution in [0, 0.1) is 12.8 Å². The van der Waals surface area contributed by atoms with Crippen LogP contribution in [-0.2, 0) is 11.2 Å². The van der Waals surface area contributed by atoms with Gasteiger partial charge in [-0.3, -0.25) is 4.79 Å². The second-order valence-corrected chi connectivity index (χ2v) is 12.3. The van der Waals surface area contributed by atoms with Gasteiger partial charge in [0.15, 0.2) is 0 Å². The van der Waals surface area contributed by atoms with Crippen LogP contribution in [0.4, 0.5) is 5.69 Å². The summed E-state index contributed by atoms with van der Waals surface area (Å²) in [5.74, 6) is 0.610. The zero-order valence-corrected chi connectivity index (χ0v) is 25.0. The molecule has 1 saturated heterocycles. The number of anilines is 1. The first-order valence-corrected chi connectivity index (χ1v) is 15.2. The minimum Gasteiger partial charge on any atom is -0.354 e. The summed E-state index contributed by atoms with van der Waals surface area (Å²) in [6.45, 7) is 9.44. The Morgan fingerprint density at radius 1 is 1.05 bits per heavy atom. The van der Waals surface area contributed by atoms with E-state index in [4.69, 9.17) is 0 Å². The molecule has 2 heterocycles. The maximum atomic E-state index is 12.2. The maximum Gasteiger partial charge on any atom is 0.226 e. The van der Waals surface area contributed by atoms with E-state index in [0.717, 1.165) is 49.1 Å². The molecular weight excluding hydrogens is 546 g/mol. The van der Waals surface area contributed by atoms with Crippen molar-refractivity contribution in [2.24, 2.45) is 5.92 Å². The van der Waals surface area contributed by atoms with E-state index in [2.05, 4.69) is 98.7 Å². The molecule has 1 amide bonds. The molecule has 204 valence electrons. The van der Waals surface area contributed by atoms with Crippen molar-refractivity contribution in [1.82, 2.24) is 9.88 Å². The number of hydrogen-bond acceptors (Lipinski definition) is 2. The highest BCUT2D eigenvalue weighted by molar-refractivity contribution is 9.10. The van der Waals surface area contributed by atoms with Crippen LogP contribution in [0.25, 0.3) is 22.2 Å². The molecule has 1 atom stereocenters. The fraction of sp³-hybridized carbons (Fsp3) is 0.382. The van der Waals surface area contributed by atoms with Crippen LogP contribution < -0.4 is 5.32 Å². The van der Waals surface area contributed by atoms with Gasteiger partial charge in [0.1, 0.15) is 0 Å². The van der Waals surface area contributed by atoms with Crippen LogP contribution in [0.15, 0.2) is 71.2 Å². The fourth-order valence-electron chi connectivity index (χ4n) is 5.83. The Balaban J connectivity index is 1.23. The lowest BCUT2D eigenvalue weighted by Gasteiger charge is -2.20. The van der Waals surface area contributed by atoms with Crippen LogP contribution in [-0.4, -0.2) is 35.4 Å². The zero-order chi connectivity index (χ0) is 27.4. The summed E-state index contributed by atoms with van der Waals surface area (Å²) >= 11 is 3.58. The number of likely N-dealkylation sites (tertiary alicyclic amines) is 1. The Morgan fingerprint density at radius 2 is 1.87 bits per heavy atom. The van der Waals surface area contributed by atoms with Gasteiger partial charge in [-0.05, 0) is 118 Å². The molecule has 5 rings (SSSR count). The van der Waals surface area contributed by atoms with Crippen molar-refractivity contribution >= 4 is 38.4 Å². The van der Waals surface area contributed by atoms with Gasteiger partial charge in [-0.2, -0.15) is 0 Å². The summed E-state index contributed by atoms with van der Waals surface area (Å²) in [5.41, 5.74) is 8.72. The lowest BCUT2D eigenvalue weighted by molar-refractivity contribution is -0.118. The molecule has 0 aliphatic carbocycles. The van der Waals surface area contributed by atoms with Gasteiger partial charge in [-0.15, -0.1) is 0 Å². The third-order valence-electron chi connectivity index (χ3n) is 8.07. The third-order valence-corrected chi connectivity index (χ3v) is 8.59. The molecule has 0 radical (unpaired) electrons. The van der Waals surface area contributed by atoms with Crippen molar-refractivity contribution in [3.05, 3.63) is 87.9 Å². The molecule has 1 fully saturated rings. The van der Waals surface area contributed by atoms with E-state index in [1.54, 1.807) is 0 Å². The van der Waals surface area contributed by atoms with Crippen molar-refractivity contribution in [3.8, 4) is 11.3 Å². The second-order valence-electron chi connectivity index (χ2n) is 11.4. The third kappa shape index (κ3) is 6.82. The zero-order valence-electron chi connectivity index (χ0n) is 23.4. The van der Waals surface area contributed by atoms with E-state index in [9.17, 15) is 4.79 Å². The Hall–Kier alpha value is -2.89. The molecule has 2 N–H and O–H groups in total. The van der Waals surface area contributed by atoms with Gasteiger partial charge in [0.2, 0.25) is 5.91 Å². The standard InChI is InChI=1S/C34H40BrN3O/c1-23(2)34(39)36-29-9-4-7-27(22-29)25-8-5-18-38(20-17-25)19-6-10-30-31-21-24(3)11-16-32(31)37-33(30)26-12-14-28(35)15-13-26/h4,7,9,11-16,21-23,25,37H,5-6,8,10,17-20H2,1-3H3,(H,36,39). The van der Waals surface area contributed by atoms with Gasteiger partial charge in [0.25, 0.3) is 0 Å². The normalized spacial score (nSPS) is 16.5. The van der Waals surface area contributed by atoms with Crippen LogP contribution in [0.2, 0.25) is 0 Å². The summed E-state index contributed by atoms with van der Waals surface area (Å²) in [5, 5.41) is 4.42. The number of halogens is 1. The van der Waals surface area contributed by atoms with Crippen molar-refractivity contribution < 1.29 is 4.79 Å². The minimum atomic E-state index is -0.0145. The number of aromatic nitrogens is 1. The second kappa shape index (κ2) is 12.5. The van der Waals surface area contributed by atoms with Crippen LogP contribution in [0.3, 0.4) is 0 Å². The van der Waals surface area contributed by atoms with Gasteiger partial charge in [0, 0.05) is 32.7 Å². The lowest BCUT2D eigenvalue weighted by Crippen LogP contribution is -2.26. The van der Waals surface area contributed by atoms with E-state index in [1.807, 2.05) is 19.9 Å². The number of benzene rings is 3. The number of rotatable bonds is 8. The number of aromatic amines is 1. The molecule has 1 unspecified atom stereocenters. The van der Waals surface area contributed by atoms with E-state index in [0.29, 0.717) is 5.92 Å². The average Bonchev–Trinajstić information content (AvgIpc) is 3.10. The maximum absolute atomic E-state index is 12.2. The monoisotopic (exact) mass is 585 g/mol. The first kappa shape index (κ1) is 27.7. The van der Waals surface area contributed by atoms with Gasteiger partial charge in [0.05, 0.1) is 0 Å². The Morgan fingerprint density at radius 3 is 2.67 bits per heavy atom. The highest BCUT2D eigenvalue weighted by Gasteiger charge is 2.20. The molecule has 1 aliphatic heterocycles. The summed E-state index contributed by atoms with van der Waals surface area (Å²) in [7, 11) is 0. The number of carbonyl (C=O) groups is 1. The quantitative estimate of drug-likeness (QED) is 0.217. The minimum absolute atomic E-state index is 0.0145. The van der Waals surface area contributed by atoms with E-state index in [1.165, 1.54) is 51.7 Å². The Bertz CT molecular complexity index is 1420. The molecule has 0 spiro atoms. The molecule has 4 nitrogen and oxygen atoms in total. The van der Waals surface area contributed by atoms with Crippen LogP contribution in [0.1, 0.15) is 62.1 Å². The molecule has 5 heteroatoms. The predicted molar refractivity (Wildman–Crippen MR) is 167 cm³/mol. The van der Waals surface area contributed by atoms with Gasteiger partial charge >= 0.3 is 0 Å². The Labute approximate surface area is 241 Å². The summed E-state index contributed by atoms with van der Waals surface area (Å²) < 4.78 is 1.10. The van der Waals surface area contributed by atoms with E-state index < -0.39 is 0 Å². The number of nitrogens with zero attached hydrogens (tertiary/aromatic N) is 1. The van der Waals surface area contributed by atoms with Crippen molar-refractivity contribution in [3.63, 3.8) is 0 Å². The summed E-state index contributed by atoms with van der Waals surface area (Å²) in [6.07, 6.45) is 5.79. The number of amides is 1. The number of hydrogen-bond donors (Lipinski definition) is 2. The molecule has 1 aliphatic rings. The van der Waals surface area contributed by atoms with Crippen LogP contribution in [0.5, 0.6) is 0 Å². The molecule has 0 bridgehead atoms. The number of fused-ring (bicyclic) bond motifs is 1. The summed E-state index contributed by atoms with van der Waals surface area (Å²) in [6, 6.07) is 23.9. The predicted octanol–water partition coefficient (Wildman–Crippen LogP) is 8.70. The first-order valence-electron chi connectivity index (χ1n) is 14.4. The van der Waals surface area contributed by atoms with E-state index in [-0.39, 0.29) is 11.8 Å². The van der Waals surface area contributed by atoms with E-state index >= 15 is 0 Å². The molecule has 39 heavy (non-hydrogen) atoms. The number of aryl methyl sites for hydroxylation is 2. The topological polar surface area (TPSA) is 48.1 Å². The smallest absolute Gasteiger partial charge is 0.226 e. The van der Waals surface area contributed by atoms with Crippen molar-refractivity contribution in [2.75, 3.05) is 25.0 Å². The fourth-order valence-corrected chi connectivity index (χ4v) is 6.10. The van der Waals surface area contributed by atoms with Gasteiger partial charge in [-0.1, -0.05) is 65.7 Å². The first-order chi connectivity index (χ1) is 18.9. The summed E-state index contributed by atoms with van der Waals surface area (Å²) in [4.78, 5) is 18.5. The highest BCUT2D eigenvalue weighted by Crippen LogP contribution is 2.33. The van der Waals surface area contributed by atoms with Gasteiger partial charge < -0.3 is 15.2 Å². The number of H-pyrrole nitrogens is 1. The Kier molecular flexibility index (Phi) is 8.89. The largest absolute Gasteiger partial charge is 0.354 e. The van der Waals surface area contributed by atoms with Crippen LogP contribution >= 0.6 is 15.9 Å². The molecule has 1 aromatic heterocycles. The molecule has 3 aromatic carbocycles. The molecular formula is C34H40BrN3O. The lowest BCUT2D eigenvalue weighted by atomic mass is 9.92. The molecule has 0 saturated carbocycles. The average molecular weight is 587 g/mol. The number of carbonyl (C=O) groups excluding carboxylic acids is 1. The molecule has 4 aromatic rings. The van der Waals surface area contributed by atoms with Gasteiger partial charge in [-0.25, -0.2) is 0 Å².